The monoisotopic (exact) mass is 289 g/mol. The molecule has 0 saturated heterocycles. The van der Waals surface area contributed by atoms with Crippen molar-refractivity contribution in [1.82, 2.24) is 14.7 Å². The zero-order chi connectivity index (χ0) is 13.6. The first kappa shape index (κ1) is 15.4. The van der Waals surface area contributed by atoms with Crippen LogP contribution in [0.25, 0.3) is 0 Å². The van der Waals surface area contributed by atoms with Crippen molar-refractivity contribution < 1.29 is 9.90 Å². The van der Waals surface area contributed by atoms with Crippen LogP contribution in [-0.4, -0.2) is 38.3 Å². The van der Waals surface area contributed by atoms with Crippen molar-refractivity contribution in [3.8, 4) is 0 Å². The fourth-order valence-electron chi connectivity index (χ4n) is 1.24. The van der Waals surface area contributed by atoms with Gasteiger partial charge in [0.05, 0.1) is 0 Å². The number of nitrogens with zero attached hydrogens (tertiary/aromatic N) is 2. The Bertz CT molecular complexity index is 397. The lowest BCUT2D eigenvalue weighted by atomic mass is 10.1. The van der Waals surface area contributed by atoms with Gasteiger partial charge in [-0.2, -0.15) is 4.37 Å². The molecule has 1 heterocycles. The molecule has 7 heteroatoms. The Morgan fingerprint density at radius 2 is 2.28 bits per heavy atom. The number of aromatic nitrogens is 2. The minimum atomic E-state index is -0.918. The second-order valence-electron chi connectivity index (χ2n) is 4.18. The van der Waals surface area contributed by atoms with Crippen LogP contribution in [0.2, 0.25) is 0 Å². The third-order valence-corrected chi connectivity index (χ3v) is 4.67. The number of rotatable bonds is 8. The predicted molar refractivity (Wildman–Crippen MR) is 74.3 cm³/mol. The van der Waals surface area contributed by atoms with Gasteiger partial charge in [0.25, 0.3) is 0 Å². The first-order chi connectivity index (χ1) is 8.51. The lowest BCUT2D eigenvalue weighted by Crippen LogP contribution is -2.51. The van der Waals surface area contributed by atoms with Crippen molar-refractivity contribution in [2.45, 2.75) is 43.5 Å². The molecule has 0 aliphatic carbocycles. The third kappa shape index (κ3) is 4.22. The quantitative estimate of drug-likeness (QED) is 0.713. The summed E-state index contributed by atoms with van der Waals surface area (Å²) in [6.07, 6.45) is 1.72. The fourth-order valence-corrected chi connectivity index (χ4v) is 3.04. The molecule has 1 atom stereocenters. The van der Waals surface area contributed by atoms with Gasteiger partial charge in [-0.05, 0) is 31.4 Å². The molecule has 1 rings (SSSR count). The Balaban J connectivity index is 2.58. The van der Waals surface area contributed by atoms with E-state index in [1.165, 1.54) is 23.3 Å². The van der Waals surface area contributed by atoms with Gasteiger partial charge in [0.2, 0.25) is 0 Å². The van der Waals surface area contributed by atoms with E-state index in [-0.39, 0.29) is 0 Å². The van der Waals surface area contributed by atoms with E-state index in [2.05, 4.69) is 14.7 Å². The second kappa shape index (κ2) is 7.06. The van der Waals surface area contributed by atoms with Crippen molar-refractivity contribution >= 4 is 29.3 Å². The maximum Gasteiger partial charge on any atom is 0.324 e. The van der Waals surface area contributed by atoms with E-state index in [4.69, 9.17) is 0 Å². The summed E-state index contributed by atoms with van der Waals surface area (Å²) in [5.74, 6) is 0.436. The molecule has 0 fully saturated rings. The minimum Gasteiger partial charge on any atom is -0.480 e. The minimum absolute atomic E-state index is 0.445. The molecule has 5 nitrogen and oxygen atoms in total. The summed E-state index contributed by atoms with van der Waals surface area (Å²) in [4.78, 5) is 15.6. The Labute approximate surface area is 116 Å². The molecule has 0 radical (unpaired) electrons. The molecule has 1 aromatic heterocycles. The zero-order valence-corrected chi connectivity index (χ0v) is 12.5. The molecule has 2 N–H and O–H groups in total. The Morgan fingerprint density at radius 3 is 2.78 bits per heavy atom. The van der Waals surface area contributed by atoms with Crippen molar-refractivity contribution in [1.29, 1.82) is 0 Å². The van der Waals surface area contributed by atoms with Gasteiger partial charge in [-0.15, -0.1) is 0 Å². The number of aliphatic carboxylic acids is 1. The molecule has 0 aliphatic heterocycles. The van der Waals surface area contributed by atoms with Gasteiger partial charge >= 0.3 is 5.97 Å². The summed E-state index contributed by atoms with van der Waals surface area (Å²) in [6.45, 7) is 6.42. The number of aryl methyl sites for hydroxylation is 1. The molecule has 102 valence electrons. The van der Waals surface area contributed by atoms with Crippen LogP contribution in [-0.2, 0) is 11.2 Å². The number of hydrogen-bond donors (Lipinski definition) is 2. The normalized spacial score (nSPS) is 14.4. The van der Waals surface area contributed by atoms with Crippen LogP contribution < -0.4 is 5.32 Å². The highest BCUT2D eigenvalue weighted by Gasteiger charge is 2.32. The van der Waals surface area contributed by atoms with E-state index in [0.29, 0.717) is 12.3 Å². The average molecular weight is 289 g/mol. The molecule has 0 amide bonds. The Kier molecular flexibility index (Phi) is 6.04. The molecule has 0 spiro atoms. The van der Waals surface area contributed by atoms with E-state index < -0.39 is 11.5 Å². The molecule has 0 bridgehead atoms. The highest BCUT2D eigenvalue weighted by Crippen LogP contribution is 2.24. The van der Waals surface area contributed by atoms with Crippen LogP contribution in [0.1, 0.15) is 33.0 Å². The molecule has 0 aliphatic rings. The molecular weight excluding hydrogens is 270 g/mol. The van der Waals surface area contributed by atoms with E-state index in [0.717, 1.165) is 23.0 Å². The van der Waals surface area contributed by atoms with Crippen molar-refractivity contribution in [2.75, 3.05) is 12.3 Å². The highest BCUT2D eigenvalue weighted by molar-refractivity contribution is 8.01. The molecule has 0 saturated carbocycles. The van der Waals surface area contributed by atoms with E-state index in [1.807, 2.05) is 13.8 Å². The molecular formula is C11H19N3O2S2. The topological polar surface area (TPSA) is 75.1 Å². The summed E-state index contributed by atoms with van der Waals surface area (Å²) in [5.41, 5.74) is -0.918. The molecule has 18 heavy (non-hydrogen) atoms. The number of carboxylic acids is 1. The number of hydrogen-bond acceptors (Lipinski definition) is 6. The fraction of sp³-hybridized carbons (Fsp3) is 0.727. The summed E-state index contributed by atoms with van der Waals surface area (Å²) in [7, 11) is 0. The van der Waals surface area contributed by atoms with E-state index in [9.17, 15) is 9.90 Å². The van der Waals surface area contributed by atoms with Crippen molar-refractivity contribution in [3.63, 3.8) is 0 Å². The van der Waals surface area contributed by atoms with Gasteiger partial charge in [-0.25, -0.2) is 4.98 Å². The number of carboxylic acid groups (broad SMARTS) is 1. The lowest BCUT2D eigenvalue weighted by Gasteiger charge is -2.25. The second-order valence-corrected chi connectivity index (χ2v) is 6.16. The third-order valence-electron chi connectivity index (χ3n) is 2.49. The molecule has 1 unspecified atom stereocenters. The van der Waals surface area contributed by atoms with Crippen LogP contribution in [0, 0.1) is 0 Å². The van der Waals surface area contributed by atoms with Gasteiger partial charge in [0, 0.05) is 12.2 Å². The molecule has 1 aromatic rings. The van der Waals surface area contributed by atoms with Crippen LogP contribution in [0.4, 0.5) is 0 Å². The van der Waals surface area contributed by atoms with Gasteiger partial charge in [0.1, 0.15) is 11.4 Å². The zero-order valence-electron chi connectivity index (χ0n) is 10.9. The van der Waals surface area contributed by atoms with Crippen molar-refractivity contribution in [3.05, 3.63) is 5.82 Å². The van der Waals surface area contributed by atoms with Crippen LogP contribution in [0.3, 0.4) is 0 Å². The average Bonchev–Trinajstić information content (AvgIpc) is 2.81. The van der Waals surface area contributed by atoms with Gasteiger partial charge in [-0.3, -0.25) is 4.79 Å². The first-order valence-corrected chi connectivity index (χ1v) is 7.71. The summed E-state index contributed by atoms with van der Waals surface area (Å²) in [5, 5.41) is 12.4. The van der Waals surface area contributed by atoms with Crippen molar-refractivity contribution in [2.24, 2.45) is 0 Å². The summed E-state index contributed by atoms with van der Waals surface area (Å²) < 4.78 is 5.02. The predicted octanol–water partition coefficient (Wildman–Crippen LogP) is 2.04. The first-order valence-electron chi connectivity index (χ1n) is 5.95. The smallest absolute Gasteiger partial charge is 0.324 e. The maximum atomic E-state index is 11.3. The van der Waals surface area contributed by atoms with Crippen LogP contribution >= 0.6 is 23.3 Å². The van der Waals surface area contributed by atoms with E-state index >= 15 is 0 Å². The number of nitrogens with one attached hydrogen (secondary N) is 1. The standard InChI is InChI=1S/C11H19N3O2S2/c1-4-6-12-11(3,9(15)16)7-17-10-13-8(5-2)14-18-10/h12H,4-7H2,1-3H3,(H,15,16). The largest absolute Gasteiger partial charge is 0.480 e. The van der Waals surface area contributed by atoms with Crippen LogP contribution in [0.5, 0.6) is 0 Å². The van der Waals surface area contributed by atoms with Crippen LogP contribution in [0.15, 0.2) is 4.34 Å². The molecule has 0 aromatic carbocycles. The number of carbonyl (C=O) groups is 1. The van der Waals surface area contributed by atoms with Gasteiger partial charge < -0.3 is 10.4 Å². The Hall–Kier alpha value is -0.660. The van der Waals surface area contributed by atoms with E-state index in [1.54, 1.807) is 6.92 Å². The highest BCUT2D eigenvalue weighted by atomic mass is 32.2. The summed E-state index contributed by atoms with van der Waals surface area (Å²) in [6, 6.07) is 0. The lowest BCUT2D eigenvalue weighted by molar-refractivity contribution is -0.143. The van der Waals surface area contributed by atoms with Gasteiger partial charge in [0.15, 0.2) is 4.34 Å². The van der Waals surface area contributed by atoms with Gasteiger partial charge in [-0.1, -0.05) is 25.6 Å². The maximum absolute atomic E-state index is 11.3. The summed E-state index contributed by atoms with van der Waals surface area (Å²) >= 11 is 2.78. The number of thioether (sulfide) groups is 1. The Morgan fingerprint density at radius 1 is 1.56 bits per heavy atom. The SMILES string of the molecule is CCCNC(C)(CSc1nc(CC)ns1)C(=O)O.